The van der Waals surface area contributed by atoms with Gasteiger partial charge in [-0.05, 0) is 0 Å². The zero-order chi connectivity index (χ0) is 4.00. The molecule has 0 spiro atoms. The molecule has 3 heteroatoms. The Bertz CT molecular complexity index is 11.6. The summed E-state index contributed by atoms with van der Waals surface area (Å²) >= 11 is 0. The van der Waals surface area contributed by atoms with Gasteiger partial charge in [0, 0.05) is 39.0 Å². The monoisotopic (exact) mass is 351 g/mol. The van der Waals surface area contributed by atoms with Crippen LogP contribution in [0.25, 0.3) is 0 Å². The van der Waals surface area contributed by atoms with Crippen LogP contribution in [0.4, 0.5) is 0 Å². The van der Waals surface area contributed by atoms with Gasteiger partial charge in [0.15, 0.2) is 0 Å². The van der Waals surface area contributed by atoms with E-state index in [2.05, 4.69) is 0 Å². The number of hydrogen-bond donors (Lipinski definition) is 0. The van der Waals surface area contributed by atoms with Crippen LogP contribution in [0.15, 0.2) is 0 Å². The largest absolute Gasteiger partial charge is 1.00 e. The second-order valence-corrected chi connectivity index (χ2v) is 0. The molecule has 0 bridgehead atoms. The molecule has 0 fully saturated rings. The summed E-state index contributed by atoms with van der Waals surface area (Å²) in [5.74, 6) is 0. The summed E-state index contributed by atoms with van der Waals surface area (Å²) in [5.41, 5.74) is 0. The predicted octanol–water partition coefficient (Wildman–Crippen LogP) is 0.588. The Morgan fingerprint density at radius 2 is 0.600 bits per heavy atom. The first kappa shape index (κ1) is 76.3. The second kappa shape index (κ2) is 169. The number of hydrogen-bond acceptors (Lipinski definition) is 0. The molecule has 0 amide bonds. The maximum atomic E-state index is 2.00. The summed E-state index contributed by atoms with van der Waals surface area (Å²) in [5, 5.41) is 0. The van der Waals surface area contributed by atoms with E-state index in [4.69, 9.17) is 0 Å². The van der Waals surface area contributed by atoms with Crippen molar-refractivity contribution < 1.29 is 90.3 Å². The van der Waals surface area contributed by atoms with Crippen molar-refractivity contribution in [3.05, 3.63) is 14.9 Å². The van der Waals surface area contributed by atoms with Gasteiger partial charge >= 0.3 is 51.4 Å². The number of rotatable bonds is 0. The smallest absolute Gasteiger partial charge is 0.358 e. The van der Waals surface area contributed by atoms with Crippen molar-refractivity contribution in [1.82, 2.24) is 0 Å². The Morgan fingerprint density at radius 3 is 0.600 bits per heavy atom. The normalized spacial score (nSPS) is 1.20. The van der Waals surface area contributed by atoms with E-state index in [0.717, 1.165) is 0 Å². The Kier molecular flexibility index (Phi) is 1290. The predicted molar refractivity (Wildman–Crippen MR) is 42.3 cm³/mol. The second-order valence-electron chi connectivity index (χ2n) is 0. The molecule has 0 saturated carbocycles. The van der Waals surface area contributed by atoms with Gasteiger partial charge in [0.1, 0.15) is 0 Å². The van der Waals surface area contributed by atoms with E-state index in [9.17, 15) is 0 Å². The van der Waals surface area contributed by atoms with E-state index < -0.39 is 0 Å². The molecule has 0 saturated heterocycles. The van der Waals surface area contributed by atoms with Gasteiger partial charge < -0.3 is 14.9 Å². The van der Waals surface area contributed by atoms with Crippen LogP contribution in [0.2, 0.25) is 0 Å². The third kappa shape index (κ3) is 128. The van der Waals surface area contributed by atoms with E-state index in [1.807, 2.05) is 27.7 Å². The van der Waals surface area contributed by atoms with Gasteiger partial charge in [-0.15, -0.1) is 0 Å². The molecule has 0 nitrogen and oxygen atoms in total. The topological polar surface area (TPSA) is 0 Å². The average molecular weight is 351 g/mol. The molecule has 0 unspecified atom stereocenters. The van der Waals surface area contributed by atoms with Crippen LogP contribution < -0.4 is 51.4 Å². The summed E-state index contributed by atoms with van der Waals surface area (Å²) in [4.78, 5) is 0. The standard InChI is InChI=1S/2C2H6.CH4.2CH3.K.2Rh/c2*1-2;;;;;;/h2*1-2H3;1H4;2*1H3;;;/q;;;2*-1;+1;;. The minimum Gasteiger partial charge on any atom is -0.358 e. The van der Waals surface area contributed by atoms with E-state index >= 15 is 0 Å². The van der Waals surface area contributed by atoms with E-state index in [0.29, 0.717) is 0 Å². The van der Waals surface area contributed by atoms with Crippen molar-refractivity contribution in [1.29, 1.82) is 0 Å². The molecule has 0 atom stereocenters. The van der Waals surface area contributed by atoms with Crippen LogP contribution in [0.5, 0.6) is 0 Å². The van der Waals surface area contributed by atoms with E-state index in [-0.39, 0.29) is 113 Å². The minimum atomic E-state index is 0. The molecule has 0 heterocycles. The first-order chi connectivity index (χ1) is 2.00. The first-order valence-corrected chi connectivity index (χ1v) is 2.00. The maximum absolute atomic E-state index is 2.00. The molecule has 0 aromatic rings. The van der Waals surface area contributed by atoms with Crippen LogP contribution >= 0.6 is 0 Å². The minimum absolute atomic E-state index is 0. The van der Waals surface area contributed by atoms with Crippen molar-refractivity contribution in [2.24, 2.45) is 0 Å². The summed E-state index contributed by atoms with van der Waals surface area (Å²) in [6.07, 6.45) is 0. The van der Waals surface area contributed by atoms with Crippen LogP contribution in [0.1, 0.15) is 35.1 Å². The van der Waals surface area contributed by atoms with Crippen LogP contribution in [-0.4, -0.2) is 0 Å². The molecule has 10 heavy (non-hydrogen) atoms. The molecule has 70 valence electrons. The van der Waals surface area contributed by atoms with Crippen molar-refractivity contribution in [3.8, 4) is 0 Å². The van der Waals surface area contributed by atoms with Gasteiger partial charge in [0.25, 0.3) is 0 Å². The fourth-order valence-electron chi connectivity index (χ4n) is 0. The van der Waals surface area contributed by atoms with Crippen molar-refractivity contribution in [2.45, 2.75) is 35.1 Å². The fraction of sp³-hybridized carbons (Fsp3) is 0.714. The molecule has 0 aliphatic rings. The summed E-state index contributed by atoms with van der Waals surface area (Å²) in [7, 11) is 0. The van der Waals surface area contributed by atoms with Gasteiger partial charge in [-0.2, -0.15) is 0 Å². The van der Waals surface area contributed by atoms with E-state index in [1.54, 1.807) is 0 Å². The fourth-order valence-corrected chi connectivity index (χ4v) is 0. The van der Waals surface area contributed by atoms with Crippen molar-refractivity contribution >= 4 is 0 Å². The Labute approximate surface area is 138 Å². The van der Waals surface area contributed by atoms with Crippen LogP contribution in [0.3, 0.4) is 0 Å². The van der Waals surface area contributed by atoms with Gasteiger partial charge in [0.2, 0.25) is 0 Å². The molecule has 0 N–H and O–H groups in total. The Hall–Kier alpha value is 2.88. The average Bonchev–Trinajstić information content (AvgIpc) is 1.50. The Balaban J connectivity index is -0.000000000833. The summed E-state index contributed by atoms with van der Waals surface area (Å²) in [6.45, 7) is 8.00. The van der Waals surface area contributed by atoms with E-state index in [1.165, 1.54) is 0 Å². The molecule has 0 aliphatic heterocycles. The zero-order valence-corrected chi connectivity index (χ0v) is 14.1. The molecular weight excluding hydrogens is 329 g/mol. The Morgan fingerprint density at radius 1 is 0.600 bits per heavy atom. The quantitative estimate of drug-likeness (QED) is 0.443. The van der Waals surface area contributed by atoms with Crippen LogP contribution in [0, 0.1) is 14.9 Å². The molecule has 2 radical (unpaired) electrons. The van der Waals surface area contributed by atoms with Crippen molar-refractivity contribution in [3.63, 3.8) is 0 Å². The molecule has 0 aliphatic carbocycles. The van der Waals surface area contributed by atoms with Gasteiger partial charge in [-0.25, -0.2) is 0 Å². The summed E-state index contributed by atoms with van der Waals surface area (Å²) in [6, 6.07) is 0. The van der Waals surface area contributed by atoms with Crippen molar-refractivity contribution in [2.75, 3.05) is 0 Å². The van der Waals surface area contributed by atoms with Gasteiger partial charge in [-0.3, -0.25) is 0 Å². The first-order valence-electron chi connectivity index (χ1n) is 2.00. The van der Waals surface area contributed by atoms with Gasteiger partial charge in [-0.1, -0.05) is 35.1 Å². The summed E-state index contributed by atoms with van der Waals surface area (Å²) < 4.78 is 0. The van der Waals surface area contributed by atoms with Crippen LogP contribution in [-0.2, 0) is 39.0 Å². The molecule has 0 aromatic heterocycles. The molecular formula is C7H22KRh2-. The third-order valence-electron chi connectivity index (χ3n) is 0. The zero-order valence-electron chi connectivity index (χ0n) is 7.67. The van der Waals surface area contributed by atoms with Gasteiger partial charge in [0.05, 0.1) is 0 Å². The molecule has 0 aromatic carbocycles. The SMILES string of the molecule is C.CC.CC.[CH3-].[CH3-].[K+].[Rh].[Rh]. The molecule has 0 rings (SSSR count). The maximum Gasteiger partial charge on any atom is 1.00 e. The third-order valence-corrected chi connectivity index (χ3v) is 0.